The second-order valence-corrected chi connectivity index (χ2v) is 9.20. The first-order valence-electron chi connectivity index (χ1n) is 11.8. The number of fused-ring (bicyclic) bond motifs is 1. The van der Waals surface area contributed by atoms with Crippen LogP contribution in [-0.2, 0) is 11.2 Å². The second-order valence-electron chi connectivity index (χ2n) is 9.20. The van der Waals surface area contributed by atoms with Gasteiger partial charge in [0.05, 0.1) is 19.1 Å². The second kappa shape index (κ2) is 11.5. The Balaban J connectivity index is 1.80. The summed E-state index contributed by atoms with van der Waals surface area (Å²) in [4.78, 5) is 27.4. The monoisotopic (exact) mass is 446 g/mol. The van der Waals surface area contributed by atoms with Crippen LogP contribution < -0.4 is 20.7 Å². The number of nitrogens with zero attached hydrogens (tertiary/aromatic N) is 1. The number of amides is 3. The van der Waals surface area contributed by atoms with Crippen molar-refractivity contribution in [3.05, 3.63) is 23.8 Å². The van der Waals surface area contributed by atoms with Gasteiger partial charge < -0.3 is 30.7 Å². The summed E-state index contributed by atoms with van der Waals surface area (Å²) in [6.07, 6.45) is 5.59. The lowest BCUT2D eigenvalue weighted by molar-refractivity contribution is -0.134. The average Bonchev–Trinajstić information content (AvgIpc) is 2.82. The largest absolute Gasteiger partial charge is 0.488 e. The molecule has 32 heavy (non-hydrogen) atoms. The first-order valence-corrected chi connectivity index (χ1v) is 11.8. The van der Waals surface area contributed by atoms with Gasteiger partial charge in [0.2, 0.25) is 5.91 Å². The number of anilines is 1. The van der Waals surface area contributed by atoms with Gasteiger partial charge in [-0.3, -0.25) is 4.79 Å². The number of hydrogen-bond donors (Lipinski definition) is 4. The van der Waals surface area contributed by atoms with Crippen LogP contribution in [-0.4, -0.2) is 66.9 Å². The van der Waals surface area contributed by atoms with Gasteiger partial charge in [0.1, 0.15) is 11.9 Å². The third-order valence-corrected chi connectivity index (χ3v) is 6.52. The van der Waals surface area contributed by atoms with Gasteiger partial charge >= 0.3 is 6.03 Å². The van der Waals surface area contributed by atoms with Crippen molar-refractivity contribution in [1.82, 2.24) is 15.5 Å². The molecule has 0 unspecified atom stereocenters. The molecular formula is C24H38N4O4. The Morgan fingerprint density at radius 3 is 2.72 bits per heavy atom. The molecule has 0 aromatic heterocycles. The van der Waals surface area contributed by atoms with Crippen LogP contribution >= 0.6 is 0 Å². The molecule has 0 radical (unpaired) electrons. The maximum atomic E-state index is 13.1. The van der Waals surface area contributed by atoms with E-state index in [0.29, 0.717) is 24.5 Å². The molecule has 1 aliphatic heterocycles. The molecule has 1 saturated carbocycles. The molecule has 1 heterocycles. The van der Waals surface area contributed by atoms with Crippen molar-refractivity contribution in [3.63, 3.8) is 0 Å². The lowest BCUT2D eigenvalue weighted by Gasteiger charge is -2.32. The van der Waals surface area contributed by atoms with E-state index in [4.69, 9.17) is 4.74 Å². The van der Waals surface area contributed by atoms with E-state index in [-0.39, 0.29) is 49.1 Å². The summed E-state index contributed by atoms with van der Waals surface area (Å²) in [6, 6.07) is 5.20. The SMILES string of the molecule is CNC[C@@H]1Oc2ccc(NC(=O)NC3CCCCC3)cc2CC(=O)N([C@@H](C)CO)C[C@@H]1C. The average molecular weight is 447 g/mol. The molecule has 0 saturated heterocycles. The molecule has 1 aromatic rings. The molecule has 3 rings (SSSR count). The molecule has 2 aliphatic rings. The van der Waals surface area contributed by atoms with Crippen LogP contribution in [0.4, 0.5) is 10.5 Å². The van der Waals surface area contributed by atoms with Gasteiger partial charge in [-0.05, 0) is 45.0 Å². The van der Waals surface area contributed by atoms with Gasteiger partial charge in [-0.15, -0.1) is 0 Å². The van der Waals surface area contributed by atoms with Gasteiger partial charge in [0.25, 0.3) is 0 Å². The molecule has 8 heteroatoms. The maximum Gasteiger partial charge on any atom is 0.319 e. The van der Waals surface area contributed by atoms with Crippen LogP contribution in [0, 0.1) is 5.92 Å². The maximum absolute atomic E-state index is 13.1. The Labute approximate surface area is 191 Å². The van der Waals surface area contributed by atoms with Crippen LogP contribution in [0.3, 0.4) is 0 Å². The minimum absolute atomic E-state index is 0.0582. The number of aliphatic hydroxyl groups excluding tert-OH is 1. The fraction of sp³-hybridized carbons (Fsp3) is 0.667. The summed E-state index contributed by atoms with van der Waals surface area (Å²) in [6.45, 7) is 4.97. The molecule has 3 amide bonds. The summed E-state index contributed by atoms with van der Waals surface area (Å²) in [5, 5.41) is 18.8. The van der Waals surface area contributed by atoms with Crippen LogP contribution in [0.1, 0.15) is 51.5 Å². The van der Waals surface area contributed by atoms with E-state index in [1.165, 1.54) is 6.42 Å². The molecular weight excluding hydrogens is 408 g/mol. The lowest BCUT2D eigenvalue weighted by Crippen LogP contribution is -2.47. The van der Waals surface area contributed by atoms with Crippen molar-refractivity contribution in [3.8, 4) is 5.75 Å². The zero-order chi connectivity index (χ0) is 23.1. The number of rotatable bonds is 6. The molecule has 1 aliphatic carbocycles. The topological polar surface area (TPSA) is 103 Å². The molecule has 1 aromatic carbocycles. The Morgan fingerprint density at radius 1 is 1.28 bits per heavy atom. The fourth-order valence-electron chi connectivity index (χ4n) is 4.55. The van der Waals surface area contributed by atoms with E-state index in [1.54, 1.807) is 4.90 Å². The zero-order valence-electron chi connectivity index (χ0n) is 19.5. The molecule has 1 fully saturated rings. The van der Waals surface area contributed by atoms with Crippen LogP contribution in [0.5, 0.6) is 5.75 Å². The molecule has 4 N–H and O–H groups in total. The highest BCUT2D eigenvalue weighted by molar-refractivity contribution is 5.90. The summed E-state index contributed by atoms with van der Waals surface area (Å²) < 4.78 is 6.33. The summed E-state index contributed by atoms with van der Waals surface area (Å²) >= 11 is 0. The van der Waals surface area contributed by atoms with E-state index in [0.717, 1.165) is 31.2 Å². The first kappa shape index (κ1) is 24.3. The smallest absolute Gasteiger partial charge is 0.319 e. The molecule has 0 spiro atoms. The Kier molecular flexibility index (Phi) is 8.75. The fourth-order valence-corrected chi connectivity index (χ4v) is 4.55. The van der Waals surface area contributed by atoms with Crippen molar-refractivity contribution in [2.24, 2.45) is 5.92 Å². The standard InChI is InChI=1S/C24H38N4O4/c1-16-14-28(17(2)15-29)23(30)12-18-11-20(9-10-21(18)32-22(16)13-25-3)27-24(31)26-19-7-5-4-6-8-19/h9-11,16-17,19,22,25,29H,4-8,12-15H2,1-3H3,(H2,26,27,31)/t16-,17-,22-/m0/s1. The highest BCUT2D eigenvalue weighted by Crippen LogP contribution is 2.29. The van der Waals surface area contributed by atoms with E-state index in [1.807, 2.05) is 32.2 Å². The Morgan fingerprint density at radius 2 is 2.03 bits per heavy atom. The Bertz CT molecular complexity index is 781. The Hall–Kier alpha value is -2.32. The van der Waals surface area contributed by atoms with Crippen molar-refractivity contribution in [2.45, 2.75) is 70.6 Å². The summed E-state index contributed by atoms with van der Waals surface area (Å²) in [5.74, 6) is 0.671. The number of carbonyl (C=O) groups excluding carboxylic acids is 2. The van der Waals surface area contributed by atoms with Crippen molar-refractivity contribution in [2.75, 3.05) is 32.1 Å². The number of aliphatic hydroxyl groups is 1. The number of likely N-dealkylation sites (N-methyl/N-ethyl adjacent to an activating group) is 1. The number of benzene rings is 1. The van der Waals surface area contributed by atoms with Crippen molar-refractivity contribution >= 4 is 17.6 Å². The van der Waals surface area contributed by atoms with E-state index in [2.05, 4.69) is 22.9 Å². The van der Waals surface area contributed by atoms with Gasteiger partial charge in [-0.1, -0.05) is 26.2 Å². The van der Waals surface area contributed by atoms with E-state index < -0.39 is 0 Å². The molecule has 0 bridgehead atoms. The highest BCUT2D eigenvalue weighted by Gasteiger charge is 2.30. The third-order valence-electron chi connectivity index (χ3n) is 6.52. The van der Waals surface area contributed by atoms with E-state index >= 15 is 0 Å². The zero-order valence-corrected chi connectivity index (χ0v) is 19.5. The summed E-state index contributed by atoms with van der Waals surface area (Å²) in [5.41, 5.74) is 1.36. The minimum Gasteiger partial charge on any atom is -0.488 e. The molecule has 8 nitrogen and oxygen atoms in total. The minimum atomic E-state index is -0.274. The molecule has 178 valence electrons. The van der Waals surface area contributed by atoms with Gasteiger partial charge in [-0.25, -0.2) is 4.79 Å². The summed E-state index contributed by atoms with van der Waals surface area (Å²) in [7, 11) is 1.88. The van der Waals surface area contributed by atoms with Gasteiger partial charge in [0.15, 0.2) is 0 Å². The predicted octanol–water partition coefficient (Wildman–Crippen LogP) is 2.51. The molecule has 3 atom stereocenters. The van der Waals surface area contributed by atoms with E-state index in [9.17, 15) is 14.7 Å². The highest BCUT2D eigenvalue weighted by atomic mass is 16.5. The number of ether oxygens (including phenoxy) is 1. The predicted molar refractivity (Wildman–Crippen MR) is 125 cm³/mol. The number of carbonyl (C=O) groups is 2. The third kappa shape index (κ3) is 6.36. The van der Waals surface area contributed by atoms with Crippen LogP contribution in [0.2, 0.25) is 0 Å². The first-order chi connectivity index (χ1) is 15.4. The van der Waals surface area contributed by atoms with Crippen LogP contribution in [0.25, 0.3) is 0 Å². The van der Waals surface area contributed by atoms with Crippen LogP contribution in [0.15, 0.2) is 18.2 Å². The van der Waals surface area contributed by atoms with Gasteiger partial charge in [0, 0.05) is 36.3 Å². The van der Waals surface area contributed by atoms with Crippen molar-refractivity contribution in [1.29, 1.82) is 0 Å². The van der Waals surface area contributed by atoms with Gasteiger partial charge in [-0.2, -0.15) is 0 Å². The number of hydrogen-bond acceptors (Lipinski definition) is 5. The van der Waals surface area contributed by atoms with Crippen molar-refractivity contribution < 1.29 is 19.4 Å². The normalized spacial score (nSPS) is 23.2. The number of urea groups is 1. The number of nitrogens with one attached hydrogen (secondary N) is 3. The lowest BCUT2D eigenvalue weighted by atomic mass is 9.96. The quantitative estimate of drug-likeness (QED) is 0.538.